The number of aromatic nitrogens is 1. The van der Waals surface area contributed by atoms with Crippen molar-refractivity contribution >= 4 is 6.09 Å². The number of fused-ring (bicyclic) bond motifs is 2. The van der Waals surface area contributed by atoms with Crippen LogP contribution in [0.4, 0.5) is 4.79 Å². The van der Waals surface area contributed by atoms with Crippen LogP contribution in [0.2, 0.25) is 0 Å². The average molecular weight is 692 g/mol. The first-order valence-electron chi connectivity index (χ1n) is 17.7. The third-order valence-electron chi connectivity index (χ3n) is 10.1. The third kappa shape index (κ3) is 7.44. The number of nitrogens with zero attached hydrogens (tertiary/aromatic N) is 3. The number of amides is 1. The van der Waals surface area contributed by atoms with Gasteiger partial charge < -0.3 is 37.7 Å². The van der Waals surface area contributed by atoms with Gasteiger partial charge in [-0.15, -0.1) is 0 Å². The minimum Gasteiger partial charge on any atom is -0.489 e. The van der Waals surface area contributed by atoms with Crippen molar-refractivity contribution in [2.24, 2.45) is 11.8 Å². The van der Waals surface area contributed by atoms with Gasteiger partial charge in [0.05, 0.1) is 42.5 Å². The highest BCUT2D eigenvalue weighted by Crippen LogP contribution is 2.39. The van der Waals surface area contributed by atoms with Gasteiger partial charge in [0, 0.05) is 19.6 Å². The number of carbonyl (C=O) groups excluding carboxylic acids is 1. The molecule has 5 atom stereocenters. The maximum Gasteiger partial charge on any atom is 0.412 e. The van der Waals surface area contributed by atoms with Crippen LogP contribution in [0.15, 0.2) is 47.0 Å². The predicted molar refractivity (Wildman–Crippen MR) is 182 cm³/mol. The standard InChI is InChI=1S/C38H49N3O9/c1-23(2)17-40(18-27-9-12-32-33(16-27)47-22-46-32)19-34-31(15-26-7-10-28(11-8-26)44-20-30-24(3)39-50-25(30)4)41(38(5,6)49-34)37(42)48-35-21-45-36-29(35)13-14-43-36/h7-12,16,23,29,31,34-36H,13-15,17-22H2,1-6H3. The first-order chi connectivity index (χ1) is 24.0. The first kappa shape index (κ1) is 34.6. The molecule has 0 N–H and O–H groups in total. The van der Waals surface area contributed by atoms with Crippen molar-refractivity contribution in [1.29, 1.82) is 0 Å². The quantitative estimate of drug-likeness (QED) is 0.223. The van der Waals surface area contributed by atoms with E-state index in [4.69, 9.17) is 37.7 Å². The summed E-state index contributed by atoms with van der Waals surface area (Å²) in [4.78, 5) is 18.4. The third-order valence-corrected chi connectivity index (χ3v) is 10.1. The monoisotopic (exact) mass is 691 g/mol. The van der Waals surface area contributed by atoms with Crippen molar-refractivity contribution < 1.29 is 42.5 Å². The number of hydrogen-bond acceptors (Lipinski definition) is 11. The molecular formula is C38H49N3O9. The lowest BCUT2D eigenvalue weighted by atomic mass is 9.99. The Morgan fingerprint density at radius 1 is 1.06 bits per heavy atom. The largest absolute Gasteiger partial charge is 0.489 e. The molecule has 3 fully saturated rings. The molecule has 3 aromatic rings. The van der Waals surface area contributed by atoms with Crippen LogP contribution in [0.1, 0.15) is 62.3 Å². The van der Waals surface area contributed by atoms with E-state index in [0.717, 1.165) is 58.4 Å². The Morgan fingerprint density at radius 2 is 1.84 bits per heavy atom. The summed E-state index contributed by atoms with van der Waals surface area (Å²) >= 11 is 0. The molecule has 270 valence electrons. The molecule has 12 nitrogen and oxygen atoms in total. The van der Waals surface area contributed by atoms with Gasteiger partial charge in [-0.2, -0.15) is 0 Å². The predicted octanol–water partition coefficient (Wildman–Crippen LogP) is 6.00. The smallest absolute Gasteiger partial charge is 0.412 e. The Balaban J connectivity index is 1.11. The second-order valence-corrected chi connectivity index (χ2v) is 14.7. The zero-order valence-corrected chi connectivity index (χ0v) is 29.9. The van der Waals surface area contributed by atoms with Crippen LogP contribution >= 0.6 is 0 Å². The second kappa shape index (κ2) is 14.4. The average Bonchev–Trinajstić information content (AvgIpc) is 3.89. The van der Waals surface area contributed by atoms with Crippen molar-refractivity contribution in [1.82, 2.24) is 15.0 Å². The minimum atomic E-state index is -0.906. The normalized spacial score (nSPS) is 25.1. The van der Waals surface area contributed by atoms with Crippen LogP contribution in [-0.2, 0) is 38.5 Å². The van der Waals surface area contributed by atoms with Gasteiger partial charge in [-0.05, 0) is 81.8 Å². The molecule has 0 aliphatic carbocycles. The number of hydrogen-bond donors (Lipinski definition) is 0. The highest BCUT2D eigenvalue weighted by molar-refractivity contribution is 5.70. The molecule has 2 aromatic carbocycles. The Labute approximate surface area is 293 Å². The molecule has 3 saturated heterocycles. The Hall–Kier alpha value is -3.84. The van der Waals surface area contributed by atoms with Crippen molar-refractivity contribution in [2.45, 2.75) is 97.8 Å². The van der Waals surface area contributed by atoms with E-state index in [1.54, 1.807) is 4.90 Å². The first-order valence-corrected chi connectivity index (χ1v) is 17.7. The summed E-state index contributed by atoms with van der Waals surface area (Å²) in [6.07, 6.45) is 0.0331. The molecule has 5 heterocycles. The highest BCUT2D eigenvalue weighted by atomic mass is 16.7. The maximum atomic E-state index is 14.2. The topological polar surface area (TPSA) is 114 Å². The molecule has 0 spiro atoms. The van der Waals surface area contributed by atoms with E-state index >= 15 is 0 Å². The summed E-state index contributed by atoms with van der Waals surface area (Å²) in [5, 5.41) is 4.02. The zero-order valence-electron chi connectivity index (χ0n) is 29.9. The van der Waals surface area contributed by atoms with Gasteiger partial charge in [0.25, 0.3) is 0 Å². The fraction of sp³-hybridized carbons (Fsp3) is 0.579. The van der Waals surface area contributed by atoms with Crippen molar-refractivity contribution in [3.05, 3.63) is 70.6 Å². The van der Waals surface area contributed by atoms with E-state index < -0.39 is 11.8 Å². The second-order valence-electron chi connectivity index (χ2n) is 14.7. The molecule has 0 bridgehead atoms. The summed E-state index contributed by atoms with van der Waals surface area (Å²) in [5.74, 6) is 3.49. The molecule has 50 heavy (non-hydrogen) atoms. The molecular weight excluding hydrogens is 642 g/mol. The van der Waals surface area contributed by atoms with Crippen LogP contribution in [-0.4, -0.2) is 84.4 Å². The highest BCUT2D eigenvalue weighted by Gasteiger charge is 2.52. The van der Waals surface area contributed by atoms with Crippen LogP contribution < -0.4 is 14.2 Å². The minimum absolute atomic E-state index is 0.0426. The lowest BCUT2D eigenvalue weighted by molar-refractivity contribution is -0.0912. The van der Waals surface area contributed by atoms with E-state index in [1.807, 2.05) is 45.9 Å². The lowest BCUT2D eigenvalue weighted by Gasteiger charge is -2.34. The number of aryl methyl sites for hydroxylation is 2. The van der Waals surface area contributed by atoms with Crippen LogP contribution in [0.5, 0.6) is 17.2 Å². The van der Waals surface area contributed by atoms with Gasteiger partial charge in [-0.25, -0.2) is 4.79 Å². The Morgan fingerprint density at radius 3 is 2.60 bits per heavy atom. The molecule has 7 rings (SSSR count). The van der Waals surface area contributed by atoms with Crippen LogP contribution in [0.3, 0.4) is 0 Å². The van der Waals surface area contributed by atoms with E-state index in [1.165, 1.54) is 0 Å². The molecule has 1 amide bonds. The summed E-state index contributed by atoms with van der Waals surface area (Å²) < 4.78 is 47.1. The fourth-order valence-corrected chi connectivity index (χ4v) is 7.64. The molecule has 12 heteroatoms. The van der Waals surface area contributed by atoms with Gasteiger partial charge >= 0.3 is 6.09 Å². The van der Waals surface area contributed by atoms with Crippen molar-refractivity contribution in [3.63, 3.8) is 0 Å². The van der Waals surface area contributed by atoms with Crippen LogP contribution in [0, 0.1) is 25.7 Å². The molecule has 0 radical (unpaired) electrons. The lowest BCUT2D eigenvalue weighted by Crippen LogP contribution is -2.51. The zero-order chi connectivity index (χ0) is 35.0. The molecule has 4 aliphatic rings. The van der Waals surface area contributed by atoms with Gasteiger partial charge in [0.2, 0.25) is 6.79 Å². The van der Waals surface area contributed by atoms with Crippen molar-refractivity contribution in [3.8, 4) is 17.2 Å². The fourth-order valence-electron chi connectivity index (χ4n) is 7.64. The van der Waals surface area contributed by atoms with Gasteiger partial charge in [-0.3, -0.25) is 9.80 Å². The Kier molecular flexibility index (Phi) is 9.98. The summed E-state index contributed by atoms with van der Waals surface area (Å²) in [5.41, 5.74) is 3.06. The van der Waals surface area contributed by atoms with Gasteiger partial charge in [-0.1, -0.05) is 37.2 Å². The number of carbonyl (C=O) groups is 1. The SMILES string of the molecule is Cc1noc(C)c1COc1ccc(CC2C(CN(Cc3ccc4c(c3)OCO4)CC(C)C)OC(C)(C)N2C(=O)OC2COC3OCCC23)cc1. The van der Waals surface area contributed by atoms with Gasteiger partial charge in [0.1, 0.15) is 29.9 Å². The molecule has 5 unspecified atom stereocenters. The number of rotatable bonds is 12. The number of ether oxygens (including phenoxy) is 7. The van der Waals surface area contributed by atoms with E-state index in [-0.39, 0.29) is 37.3 Å². The number of benzene rings is 2. The van der Waals surface area contributed by atoms with E-state index in [9.17, 15) is 4.79 Å². The molecule has 4 aliphatic heterocycles. The molecule has 1 aromatic heterocycles. The van der Waals surface area contributed by atoms with Gasteiger partial charge in [0.15, 0.2) is 17.8 Å². The van der Waals surface area contributed by atoms with Crippen molar-refractivity contribution in [2.75, 3.05) is 33.1 Å². The van der Waals surface area contributed by atoms with Crippen LogP contribution in [0.25, 0.3) is 0 Å². The molecule has 0 saturated carbocycles. The maximum absolute atomic E-state index is 14.2. The van der Waals surface area contributed by atoms with E-state index in [0.29, 0.717) is 45.2 Å². The Bertz CT molecular complexity index is 1620. The summed E-state index contributed by atoms with van der Waals surface area (Å²) in [7, 11) is 0. The summed E-state index contributed by atoms with van der Waals surface area (Å²) in [6, 6.07) is 13.8. The summed E-state index contributed by atoms with van der Waals surface area (Å²) in [6.45, 7) is 15.8. The van der Waals surface area contributed by atoms with E-state index in [2.05, 4.69) is 48.2 Å².